The molecule has 0 spiro atoms. The molecule has 0 aliphatic carbocycles. The Morgan fingerprint density at radius 1 is 1.31 bits per heavy atom. The number of hydrogen-bond donors (Lipinski definition) is 1. The van der Waals surface area contributed by atoms with Gasteiger partial charge in [0.25, 0.3) is 5.69 Å². The number of amides is 1. The number of hydrogen-bond acceptors (Lipinski definition) is 4. The zero-order chi connectivity index (χ0) is 19.1. The highest BCUT2D eigenvalue weighted by Crippen LogP contribution is 2.24. The summed E-state index contributed by atoms with van der Waals surface area (Å²) in [5.41, 5.74) is 2.60. The molecule has 0 saturated heterocycles. The second-order valence-corrected chi connectivity index (χ2v) is 5.88. The van der Waals surface area contributed by atoms with E-state index in [1.54, 1.807) is 25.3 Å². The van der Waals surface area contributed by atoms with E-state index in [1.807, 2.05) is 32.0 Å². The molecule has 0 bridgehead atoms. The van der Waals surface area contributed by atoms with E-state index in [4.69, 9.17) is 4.74 Å². The molecule has 26 heavy (non-hydrogen) atoms. The number of methoxy groups -OCH3 is 1. The number of carbonyl (C=O) groups is 1. The molecule has 0 aliphatic rings. The van der Waals surface area contributed by atoms with Crippen LogP contribution in [-0.2, 0) is 4.79 Å². The predicted octanol–water partition coefficient (Wildman–Crippen LogP) is 4.19. The minimum atomic E-state index is -0.462. The van der Waals surface area contributed by atoms with Gasteiger partial charge in [0.05, 0.1) is 18.1 Å². The van der Waals surface area contributed by atoms with Gasteiger partial charge in [0.15, 0.2) is 0 Å². The van der Waals surface area contributed by atoms with Crippen LogP contribution < -0.4 is 10.1 Å². The van der Waals surface area contributed by atoms with Gasteiger partial charge in [-0.2, -0.15) is 0 Å². The molecule has 2 aromatic carbocycles. The van der Waals surface area contributed by atoms with Crippen LogP contribution in [0.4, 0.5) is 5.69 Å². The lowest BCUT2D eigenvalue weighted by molar-refractivity contribution is -0.384. The summed E-state index contributed by atoms with van der Waals surface area (Å²) in [6.07, 6.45) is 3.69. The standard InChI is InChI=1S/C20H22N2O4/c1-4-18(16-9-10-19(26-3)14(2)12-16)21-20(23)11-8-15-6-5-7-17(13-15)22(24)25/h5-13,18H,4H2,1-3H3,(H,21,23)/b11-8+/t18-/m1/s1. The summed E-state index contributed by atoms with van der Waals surface area (Å²) in [7, 11) is 1.62. The van der Waals surface area contributed by atoms with Gasteiger partial charge in [0, 0.05) is 18.2 Å². The zero-order valence-corrected chi connectivity index (χ0v) is 15.1. The van der Waals surface area contributed by atoms with Crippen molar-refractivity contribution in [2.45, 2.75) is 26.3 Å². The van der Waals surface area contributed by atoms with Crippen LogP contribution in [-0.4, -0.2) is 17.9 Å². The summed E-state index contributed by atoms with van der Waals surface area (Å²) in [6.45, 7) is 3.95. The average Bonchev–Trinajstić information content (AvgIpc) is 2.64. The van der Waals surface area contributed by atoms with Gasteiger partial charge >= 0.3 is 0 Å². The van der Waals surface area contributed by atoms with E-state index in [9.17, 15) is 14.9 Å². The number of nitro benzene ring substituents is 1. The highest BCUT2D eigenvalue weighted by Gasteiger charge is 2.13. The molecule has 2 aromatic rings. The first-order chi connectivity index (χ1) is 12.4. The van der Waals surface area contributed by atoms with Crippen LogP contribution in [0.1, 0.15) is 36.1 Å². The summed E-state index contributed by atoms with van der Waals surface area (Å²) in [4.78, 5) is 22.6. The molecule has 0 radical (unpaired) electrons. The minimum Gasteiger partial charge on any atom is -0.496 e. The number of nitro groups is 1. The van der Waals surface area contributed by atoms with Crippen molar-refractivity contribution in [3.05, 3.63) is 75.3 Å². The molecular weight excluding hydrogens is 332 g/mol. The van der Waals surface area contributed by atoms with Crippen LogP contribution in [0.2, 0.25) is 0 Å². The van der Waals surface area contributed by atoms with Crippen LogP contribution in [0, 0.1) is 17.0 Å². The molecule has 0 heterocycles. The number of carbonyl (C=O) groups excluding carboxylic acids is 1. The maximum Gasteiger partial charge on any atom is 0.270 e. The fraction of sp³-hybridized carbons (Fsp3) is 0.250. The highest BCUT2D eigenvalue weighted by atomic mass is 16.6. The highest BCUT2D eigenvalue weighted by molar-refractivity contribution is 5.92. The Hall–Kier alpha value is -3.15. The predicted molar refractivity (Wildman–Crippen MR) is 101 cm³/mol. The summed E-state index contributed by atoms with van der Waals surface area (Å²) < 4.78 is 5.26. The summed E-state index contributed by atoms with van der Waals surface area (Å²) in [5, 5.41) is 13.8. The summed E-state index contributed by atoms with van der Waals surface area (Å²) in [5.74, 6) is 0.553. The number of ether oxygens (including phenoxy) is 1. The Balaban J connectivity index is 2.08. The molecule has 0 unspecified atom stereocenters. The van der Waals surface area contributed by atoms with Gasteiger partial charge in [-0.3, -0.25) is 14.9 Å². The number of nitrogens with zero attached hydrogens (tertiary/aromatic N) is 1. The average molecular weight is 354 g/mol. The van der Waals surface area contributed by atoms with Crippen LogP contribution in [0.15, 0.2) is 48.5 Å². The monoisotopic (exact) mass is 354 g/mol. The lowest BCUT2D eigenvalue weighted by Gasteiger charge is -2.18. The second-order valence-electron chi connectivity index (χ2n) is 5.88. The molecule has 1 amide bonds. The Morgan fingerprint density at radius 3 is 2.69 bits per heavy atom. The van der Waals surface area contributed by atoms with Crippen LogP contribution in [0.5, 0.6) is 5.75 Å². The lowest BCUT2D eigenvalue weighted by Crippen LogP contribution is -2.26. The second kappa shape index (κ2) is 8.80. The maximum atomic E-state index is 12.2. The van der Waals surface area contributed by atoms with Gasteiger partial charge in [-0.25, -0.2) is 0 Å². The molecular formula is C20H22N2O4. The number of benzene rings is 2. The molecule has 6 nitrogen and oxygen atoms in total. The number of aryl methyl sites for hydroxylation is 1. The molecule has 6 heteroatoms. The van der Waals surface area contributed by atoms with E-state index >= 15 is 0 Å². The molecule has 136 valence electrons. The van der Waals surface area contributed by atoms with E-state index in [1.165, 1.54) is 18.2 Å². The maximum absolute atomic E-state index is 12.2. The van der Waals surface area contributed by atoms with Crippen LogP contribution in [0.3, 0.4) is 0 Å². The molecule has 1 atom stereocenters. The largest absolute Gasteiger partial charge is 0.496 e. The molecule has 1 N–H and O–H groups in total. The first-order valence-corrected chi connectivity index (χ1v) is 8.32. The van der Waals surface area contributed by atoms with Crippen LogP contribution >= 0.6 is 0 Å². The van der Waals surface area contributed by atoms with Crippen molar-refractivity contribution < 1.29 is 14.5 Å². The lowest BCUT2D eigenvalue weighted by atomic mass is 10.0. The Morgan fingerprint density at radius 2 is 2.08 bits per heavy atom. The van der Waals surface area contributed by atoms with E-state index in [-0.39, 0.29) is 17.6 Å². The molecule has 0 saturated carbocycles. The SMILES string of the molecule is CC[C@@H](NC(=O)/C=C/c1cccc([N+](=O)[O-])c1)c1ccc(OC)c(C)c1. The van der Waals surface area contributed by atoms with E-state index in [0.29, 0.717) is 5.56 Å². The third-order valence-electron chi connectivity index (χ3n) is 4.05. The fourth-order valence-electron chi connectivity index (χ4n) is 2.67. The van der Waals surface area contributed by atoms with Crippen molar-refractivity contribution in [1.82, 2.24) is 5.32 Å². The van der Waals surface area contributed by atoms with E-state index in [0.717, 1.165) is 23.3 Å². The third-order valence-corrected chi connectivity index (χ3v) is 4.05. The van der Waals surface area contributed by atoms with Crippen molar-refractivity contribution in [1.29, 1.82) is 0 Å². The minimum absolute atomic E-state index is 0.00676. The topological polar surface area (TPSA) is 81.5 Å². The Bertz CT molecular complexity index is 830. The van der Waals surface area contributed by atoms with Gasteiger partial charge in [-0.15, -0.1) is 0 Å². The van der Waals surface area contributed by atoms with Crippen molar-refractivity contribution in [2.24, 2.45) is 0 Å². The van der Waals surface area contributed by atoms with Crippen molar-refractivity contribution in [3.8, 4) is 5.75 Å². The van der Waals surface area contributed by atoms with Crippen molar-refractivity contribution in [2.75, 3.05) is 7.11 Å². The fourth-order valence-corrected chi connectivity index (χ4v) is 2.67. The number of nitrogens with one attached hydrogen (secondary N) is 1. The normalized spacial score (nSPS) is 12.0. The Labute approximate surface area is 152 Å². The van der Waals surface area contributed by atoms with Crippen LogP contribution in [0.25, 0.3) is 6.08 Å². The molecule has 0 fully saturated rings. The van der Waals surface area contributed by atoms with Gasteiger partial charge in [0.2, 0.25) is 5.91 Å². The zero-order valence-electron chi connectivity index (χ0n) is 15.1. The van der Waals surface area contributed by atoms with Gasteiger partial charge in [-0.1, -0.05) is 31.2 Å². The summed E-state index contributed by atoms with van der Waals surface area (Å²) in [6, 6.07) is 11.8. The molecule has 0 aliphatic heterocycles. The third kappa shape index (κ3) is 4.92. The quantitative estimate of drug-likeness (QED) is 0.459. The van der Waals surface area contributed by atoms with E-state index < -0.39 is 4.92 Å². The first-order valence-electron chi connectivity index (χ1n) is 8.32. The van der Waals surface area contributed by atoms with Gasteiger partial charge in [-0.05, 0) is 42.2 Å². The summed E-state index contributed by atoms with van der Waals surface area (Å²) >= 11 is 0. The van der Waals surface area contributed by atoms with Crippen molar-refractivity contribution >= 4 is 17.7 Å². The Kier molecular flexibility index (Phi) is 6.49. The van der Waals surface area contributed by atoms with Gasteiger partial charge < -0.3 is 10.1 Å². The van der Waals surface area contributed by atoms with Gasteiger partial charge in [0.1, 0.15) is 5.75 Å². The smallest absolute Gasteiger partial charge is 0.270 e. The van der Waals surface area contributed by atoms with Crippen molar-refractivity contribution in [3.63, 3.8) is 0 Å². The molecule has 2 rings (SSSR count). The number of non-ortho nitro benzene ring substituents is 1. The molecule has 0 aromatic heterocycles. The van der Waals surface area contributed by atoms with E-state index in [2.05, 4.69) is 5.32 Å². The first kappa shape index (κ1) is 19.2. The number of rotatable bonds is 7.